The van der Waals surface area contributed by atoms with Gasteiger partial charge in [0.25, 0.3) is 0 Å². The minimum atomic E-state index is -0.992. The standard InChI is InChI=1S/C18H20N2O3S/c1-2-13(18(22)23)19-16(21)11-7-3-4-8-12(11)17-20-14-9-5-6-10-15(14)24-17/h3-6,9-13H,2,7-8H2,1H3,(H,19,21)(H,22,23). The van der Waals surface area contributed by atoms with Crippen LogP contribution in [0.25, 0.3) is 10.2 Å². The highest BCUT2D eigenvalue weighted by atomic mass is 32.1. The lowest BCUT2D eigenvalue weighted by atomic mass is 9.82. The predicted molar refractivity (Wildman–Crippen MR) is 94.1 cm³/mol. The van der Waals surface area contributed by atoms with E-state index in [0.29, 0.717) is 12.8 Å². The van der Waals surface area contributed by atoms with Crippen LogP contribution in [0.15, 0.2) is 36.4 Å². The number of aliphatic carboxylic acids is 1. The normalized spacial score (nSPS) is 21.5. The summed E-state index contributed by atoms with van der Waals surface area (Å²) < 4.78 is 1.11. The van der Waals surface area contributed by atoms with E-state index in [-0.39, 0.29) is 17.7 Å². The summed E-state index contributed by atoms with van der Waals surface area (Å²) in [4.78, 5) is 28.5. The van der Waals surface area contributed by atoms with Crippen molar-refractivity contribution < 1.29 is 14.7 Å². The Kier molecular flexibility index (Phi) is 4.94. The molecule has 6 heteroatoms. The smallest absolute Gasteiger partial charge is 0.326 e. The van der Waals surface area contributed by atoms with Crippen LogP contribution >= 0.6 is 11.3 Å². The summed E-state index contributed by atoms with van der Waals surface area (Å²) in [6, 6.07) is 7.10. The fourth-order valence-corrected chi connectivity index (χ4v) is 4.19. The van der Waals surface area contributed by atoms with E-state index in [1.807, 2.05) is 30.3 Å². The molecule has 2 aromatic rings. The van der Waals surface area contributed by atoms with Crippen molar-refractivity contribution in [1.82, 2.24) is 10.3 Å². The van der Waals surface area contributed by atoms with Gasteiger partial charge in [0.1, 0.15) is 6.04 Å². The lowest BCUT2D eigenvalue weighted by molar-refractivity contribution is -0.142. The van der Waals surface area contributed by atoms with Crippen molar-refractivity contribution in [2.45, 2.75) is 38.1 Å². The number of amides is 1. The van der Waals surface area contributed by atoms with E-state index < -0.39 is 12.0 Å². The molecule has 1 amide bonds. The average molecular weight is 344 g/mol. The number of hydrogen-bond acceptors (Lipinski definition) is 4. The summed E-state index contributed by atoms with van der Waals surface area (Å²) in [6.07, 6.45) is 5.81. The first-order valence-electron chi connectivity index (χ1n) is 8.13. The Balaban J connectivity index is 1.84. The summed E-state index contributed by atoms with van der Waals surface area (Å²) in [6.45, 7) is 1.75. The lowest BCUT2D eigenvalue weighted by Crippen LogP contribution is -2.44. The van der Waals surface area contributed by atoms with Gasteiger partial charge >= 0.3 is 5.97 Å². The highest BCUT2D eigenvalue weighted by molar-refractivity contribution is 7.18. The number of carboxylic acid groups (broad SMARTS) is 1. The topological polar surface area (TPSA) is 79.3 Å². The number of carbonyl (C=O) groups is 2. The molecule has 0 fully saturated rings. The molecule has 0 saturated heterocycles. The van der Waals surface area contributed by atoms with Gasteiger partial charge in [-0.05, 0) is 31.4 Å². The van der Waals surface area contributed by atoms with E-state index in [0.717, 1.165) is 21.6 Å². The molecular formula is C18H20N2O3S. The predicted octanol–water partition coefficient (Wildman–Crippen LogP) is 3.33. The van der Waals surface area contributed by atoms with Crippen LogP contribution in [0.5, 0.6) is 0 Å². The van der Waals surface area contributed by atoms with Crippen LogP contribution in [-0.4, -0.2) is 28.0 Å². The molecule has 1 aliphatic rings. The fraction of sp³-hybridized carbons (Fsp3) is 0.389. The van der Waals surface area contributed by atoms with Gasteiger partial charge in [0.2, 0.25) is 5.91 Å². The Morgan fingerprint density at radius 2 is 2.08 bits per heavy atom. The van der Waals surface area contributed by atoms with Crippen molar-refractivity contribution in [3.8, 4) is 0 Å². The van der Waals surface area contributed by atoms with Crippen LogP contribution in [0.2, 0.25) is 0 Å². The molecule has 0 saturated carbocycles. The average Bonchev–Trinajstić information content (AvgIpc) is 3.03. The van der Waals surface area contributed by atoms with Crippen molar-refractivity contribution in [3.63, 3.8) is 0 Å². The quantitative estimate of drug-likeness (QED) is 0.816. The molecule has 3 unspecified atom stereocenters. The molecule has 1 heterocycles. The van der Waals surface area contributed by atoms with Crippen LogP contribution in [0.4, 0.5) is 0 Å². The highest BCUT2D eigenvalue weighted by Crippen LogP contribution is 2.38. The molecule has 1 aromatic carbocycles. The molecule has 3 atom stereocenters. The number of hydrogen-bond donors (Lipinski definition) is 2. The summed E-state index contributed by atoms with van der Waals surface area (Å²) >= 11 is 1.61. The van der Waals surface area contributed by atoms with E-state index in [4.69, 9.17) is 10.1 Å². The first kappa shape index (κ1) is 16.6. The number of rotatable bonds is 5. The van der Waals surface area contributed by atoms with Crippen LogP contribution in [0.3, 0.4) is 0 Å². The Morgan fingerprint density at radius 1 is 1.33 bits per heavy atom. The second-order valence-electron chi connectivity index (χ2n) is 5.98. The van der Waals surface area contributed by atoms with E-state index in [1.165, 1.54) is 0 Å². The fourth-order valence-electron chi connectivity index (χ4n) is 3.04. The maximum atomic E-state index is 12.6. The van der Waals surface area contributed by atoms with Gasteiger partial charge in [-0.25, -0.2) is 9.78 Å². The van der Waals surface area contributed by atoms with Gasteiger partial charge in [-0.3, -0.25) is 4.79 Å². The molecule has 0 bridgehead atoms. The largest absolute Gasteiger partial charge is 0.480 e. The van der Waals surface area contributed by atoms with Crippen molar-refractivity contribution in [2.24, 2.45) is 5.92 Å². The molecule has 1 aliphatic carbocycles. The highest BCUT2D eigenvalue weighted by Gasteiger charge is 2.33. The second-order valence-corrected chi connectivity index (χ2v) is 7.05. The summed E-state index contributed by atoms with van der Waals surface area (Å²) in [7, 11) is 0. The number of para-hydroxylation sites is 1. The SMILES string of the molecule is CCC(NC(=O)C1CC=CCC1c1nc2ccccc2s1)C(=O)O. The molecule has 1 aromatic heterocycles. The van der Waals surface area contributed by atoms with Crippen molar-refractivity contribution in [2.75, 3.05) is 0 Å². The van der Waals surface area contributed by atoms with Gasteiger partial charge in [0.15, 0.2) is 0 Å². The zero-order chi connectivity index (χ0) is 17.1. The molecule has 0 radical (unpaired) electrons. The van der Waals surface area contributed by atoms with E-state index >= 15 is 0 Å². The first-order valence-corrected chi connectivity index (χ1v) is 8.95. The maximum absolute atomic E-state index is 12.6. The van der Waals surface area contributed by atoms with Crippen LogP contribution in [-0.2, 0) is 9.59 Å². The molecular weight excluding hydrogens is 324 g/mol. The third kappa shape index (κ3) is 3.33. The number of nitrogens with zero attached hydrogens (tertiary/aromatic N) is 1. The van der Waals surface area contributed by atoms with E-state index in [1.54, 1.807) is 18.3 Å². The number of allylic oxidation sites excluding steroid dienone is 2. The van der Waals surface area contributed by atoms with E-state index in [9.17, 15) is 9.59 Å². The Bertz CT molecular complexity index is 750. The third-order valence-electron chi connectivity index (χ3n) is 4.42. The lowest BCUT2D eigenvalue weighted by Gasteiger charge is -2.27. The summed E-state index contributed by atoms with van der Waals surface area (Å²) in [5.74, 6) is -1.46. The Hall–Kier alpha value is -2.21. The molecule has 5 nitrogen and oxygen atoms in total. The molecule has 3 rings (SSSR count). The summed E-state index contributed by atoms with van der Waals surface area (Å²) in [5.41, 5.74) is 0.947. The number of carboxylic acids is 1. The Morgan fingerprint density at radius 3 is 2.79 bits per heavy atom. The Labute approximate surface area is 144 Å². The molecule has 0 spiro atoms. The van der Waals surface area contributed by atoms with Gasteiger partial charge in [-0.1, -0.05) is 31.2 Å². The monoisotopic (exact) mass is 344 g/mol. The number of thiazole rings is 1. The number of aromatic nitrogens is 1. The third-order valence-corrected chi connectivity index (χ3v) is 5.59. The molecule has 24 heavy (non-hydrogen) atoms. The zero-order valence-electron chi connectivity index (χ0n) is 13.4. The second kappa shape index (κ2) is 7.13. The van der Waals surface area contributed by atoms with Gasteiger partial charge in [0.05, 0.1) is 21.1 Å². The van der Waals surface area contributed by atoms with Crippen LogP contribution in [0.1, 0.15) is 37.1 Å². The molecule has 126 valence electrons. The van der Waals surface area contributed by atoms with Crippen LogP contribution < -0.4 is 5.32 Å². The van der Waals surface area contributed by atoms with Crippen LogP contribution in [0, 0.1) is 5.92 Å². The van der Waals surface area contributed by atoms with Crippen molar-refractivity contribution in [1.29, 1.82) is 0 Å². The molecule has 0 aliphatic heterocycles. The summed E-state index contributed by atoms with van der Waals surface area (Å²) in [5, 5.41) is 12.8. The van der Waals surface area contributed by atoms with Gasteiger partial charge in [-0.15, -0.1) is 11.3 Å². The number of nitrogens with one attached hydrogen (secondary N) is 1. The van der Waals surface area contributed by atoms with Gasteiger partial charge in [-0.2, -0.15) is 0 Å². The van der Waals surface area contributed by atoms with Crippen molar-refractivity contribution >= 4 is 33.4 Å². The minimum Gasteiger partial charge on any atom is -0.480 e. The first-order chi connectivity index (χ1) is 11.6. The number of carbonyl (C=O) groups excluding carboxylic acids is 1. The zero-order valence-corrected chi connectivity index (χ0v) is 14.3. The van der Waals surface area contributed by atoms with Gasteiger partial charge < -0.3 is 10.4 Å². The van der Waals surface area contributed by atoms with E-state index in [2.05, 4.69) is 11.4 Å². The number of fused-ring (bicyclic) bond motifs is 1. The van der Waals surface area contributed by atoms with Gasteiger partial charge in [0, 0.05) is 5.92 Å². The molecule has 2 N–H and O–H groups in total. The maximum Gasteiger partial charge on any atom is 0.326 e. The number of benzene rings is 1. The van der Waals surface area contributed by atoms with Crippen molar-refractivity contribution in [3.05, 3.63) is 41.4 Å². The minimum absolute atomic E-state index is 0.00120.